The number of halogens is 1. The maximum atomic E-state index is 13.3. The van der Waals surface area contributed by atoms with E-state index in [2.05, 4.69) is 20.9 Å². The van der Waals surface area contributed by atoms with Gasteiger partial charge >= 0.3 is 0 Å². The molecule has 2 aromatic carbocycles. The third kappa shape index (κ3) is 2.90. The van der Waals surface area contributed by atoms with Crippen molar-refractivity contribution in [1.29, 1.82) is 0 Å². The second-order valence-corrected chi connectivity index (χ2v) is 7.70. The summed E-state index contributed by atoms with van der Waals surface area (Å²) in [5.74, 6) is -0.840. The number of anilines is 1. The van der Waals surface area contributed by atoms with Gasteiger partial charge in [0, 0.05) is 53.4 Å². The highest BCUT2D eigenvalue weighted by Crippen LogP contribution is 2.40. The molecular formula is C23H18ClN3O2. The number of aromatic nitrogens is 2. The first-order valence-electron chi connectivity index (χ1n) is 9.30. The Bertz CT molecular complexity index is 1250. The molecule has 2 aromatic heterocycles. The molecule has 2 atom stereocenters. The minimum Gasteiger partial charge on any atom is -0.373 e. The highest BCUT2D eigenvalue weighted by atomic mass is 35.5. The van der Waals surface area contributed by atoms with Crippen LogP contribution >= 0.6 is 11.6 Å². The normalized spacial score (nSPS) is 18.5. The lowest BCUT2D eigenvalue weighted by Gasteiger charge is -2.31. The number of aliphatic hydroxyl groups excluding tert-OH is 1. The third-order valence-corrected chi connectivity index (χ3v) is 5.85. The summed E-state index contributed by atoms with van der Waals surface area (Å²) < 4.78 is 2.06. The number of hydrogen-bond donors (Lipinski definition) is 2. The molecule has 6 heteroatoms. The van der Waals surface area contributed by atoms with Gasteiger partial charge in [-0.1, -0.05) is 17.7 Å². The average molecular weight is 404 g/mol. The van der Waals surface area contributed by atoms with E-state index >= 15 is 0 Å². The van der Waals surface area contributed by atoms with E-state index in [1.807, 2.05) is 37.5 Å². The molecular weight excluding hydrogens is 386 g/mol. The smallest absolute Gasteiger partial charge is 0.176 e. The lowest BCUT2D eigenvalue weighted by atomic mass is 9.84. The number of pyridine rings is 1. The number of aliphatic hydroxyl groups is 1. The van der Waals surface area contributed by atoms with E-state index in [0.717, 1.165) is 27.6 Å². The second-order valence-electron chi connectivity index (χ2n) is 7.29. The van der Waals surface area contributed by atoms with Gasteiger partial charge in [0.05, 0.1) is 10.9 Å². The van der Waals surface area contributed by atoms with Crippen LogP contribution in [0.3, 0.4) is 0 Å². The number of benzene rings is 2. The van der Waals surface area contributed by atoms with Crippen LogP contribution in [0, 0.1) is 0 Å². The third-order valence-electron chi connectivity index (χ3n) is 5.54. The summed E-state index contributed by atoms with van der Waals surface area (Å²) >= 11 is 6.55. The molecule has 2 N–H and O–H groups in total. The highest BCUT2D eigenvalue weighted by Gasteiger charge is 2.36. The summed E-state index contributed by atoms with van der Waals surface area (Å²) in [7, 11) is 2.00. The molecule has 0 bridgehead atoms. The van der Waals surface area contributed by atoms with Crippen molar-refractivity contribution in [3.63, 3.8) is 0 Å². The summed E-state index contributed by atoms with van der Waals surface area (Å²) in [6, 6.07) is 15.2. The highest BCUT2D eigenvalue weighted by molar-refractivity contribution is 6.34. The average Bonchev–Trinajstić information content (AvgIpc) is 3.08. The Morgan fingerprint density at radius 2 is 1.86 bits per heavy atom. The van der Waals surface area contributed by atoms with Crippen molar-refractivity contribution in [3.8, 4) is 11.1 Å². The van der Waals surface area contributed by atoms with E-state index in [1.165, 1.54) is 0 Å². The number of nitrogens with zero attached hydrogens (tertiary/aromatic N) is 2. The Labute approximate surface area is 172 Å². The molecule has 2 unspecified atom stereocenters. The number of fused-ring (bicyclic) bond motifs is 2. The van der Waals surface area contributed by atoms with Crippen LogP contribution in [0.5, 0.6) is 0 Å². The van der Waals surface area contributed by atoms with E-state index in [9.17, 15) is 9.90 Å². The van der Waals surface area contributed by atoms with Crippen LogP contribution in [0.25, 0.3) is 22.0 Å². The number of nitrogens with one attached hydrogen (secondary N) is 1. The van der Waals surface area contributed by atoms with Crippen molar-refractivity contribution in [3.05, 3.63) is 83.3 Å². The standard InChI is InChI=1S/C23H18ClN3O2/c1-27-9-6-15-10-14(2-3-20(15)27)16-11-17-19(12-18(16)24)26-23(29)21(22(17)28)13-4-7-25-8-5-13/h2-12,21,23,26,29H,1H3. The van der Waals surface area contributed by atoms with Crippen LogP contribution < -0.4 is 5.32 Å². The Kier molecular flexibility index (Phi) is 4.15. The topological polar surface area (TPSA) is 67.2 Å². The fraction of sp³-hybridized carbons (Fsp3) is 0.130. The van der Waals surface area contributed by atoms with Gasteiger partial charge in [-0.05, 0) is 53.6 Å². The lowest BCUT2D eigenvalue weighted by molar-refractivity contribution is 0.0835. The molecule has 144 valence electrons. The molecule has 3 heterocycles. The van der Waals surface area contributed by atoms with Crippen molar-refractivity contribution in [1.82, 2.24) is 9.55 Å². The van der Waals surface area contributed by atoms with Crippen molar-refractivity contribution in [2.45, 2.75) is 12.1 Å². The van der Waals surface area contributed by atoms with Gasteiger partial charge in [0.25, 0.3) is 0 Å². The summed E-state index contributed by atoms with van der Waals surface area (Å²) in [6.45, 7) is 0. The number of carbonyl (C=O) groups is 1. The number of aryl methyl sites for hydroxylation is 1. The van der Waals surface area contributed by atoms with E-state index in [0.29, 0.717) is 16.3 Å². The summed E-state index contributed by atoms with van der Waals surface area (Å²) in [5, 5.41) is 15.2. The summed E-state index contributed by atoms with van der Waals surface area (Å²) in [5.41, 5.74) is 4.64. The maximum Gasteiger partial charge on any atom is 0.176 e. The first-order valence-corrected chi connectivity index (χ1v) is 9.68. The molecule has 29 heavy (non-hydrogen) atoms. The van der Waals surface area contributed by atoms with Gasteiger partial charge in [-0.3, -0.25) is 9.78 Å². The van der Waals surface area contributed by atoms with Gasteiger partial charge in [-0.2, -0.15) is 0 Å². The minimum atomic E-state index is -1.03. The fourth-order valence-corrected chi connectivity index (χ4v) is 4.30. The molecule has 0 saturated heterocycles. The van der Waals surface area contributed by atoms with E-state index in [-0.39, 0.29) is 5.78 Å². The van der Waals surface area contributed by atoms with Crippen molar-refractivity contribution < 1.29 is 9.90 Å². The Morgan fingerprint density at radius 1 is 1.07 bits per heavy atom. The first-order chi connectivity index (χ1) is 14.0. The molecule has 0 aliphatic carbocycles. The van der Waals surface area contributed by atoms with Gasteiger partial charge < -0.3 is 15.0 Å². The van der Waals surface area contributed by atoms with Gasteiger partial charge in [0.2, 0.25) is 0 Å². The Morgan fingerprint density at radius 3 is 2.66 bits per heavy atom. The molecule has 0 saturated carbocycles. The number of hydrogen-bond acceptors (Lipinski definition) is 4. The number of Topliss-reactive ketones (excluding diaryl/α,β-unsaturated/α-hetero) is 1. The van der Waals surface area contributed by atoms with Crippen LogP contribution in [0.15, 0.2) is 67.1 Å². The monoisotopic (exact) mass is 403 g/mol. The summed E-state index contributed by atoms with van der Waals surface area (Å²) in [4.78, 5) is 17.3. The Hall–Kier alpha value is -3.15. The SMILES string of the molecule is Cn1ccc2cc(-c3cc4c(cc3Cl)NC(O)C(c3ccncc3)C4=O)ccc21. The molecule has 0 radical (unpaired) electrons. The summed E-state index contributed by atoms with van der Waals surface area (Å²) in [6.07, 6.45) is 4.22. The second kappa shape index (κ2) is 6.72. The zero-order chi connectivity index (χ0) is 20.1. The molecule has 4 aromatic rings. The molecule has 0 amide bonds. The Balaban J connectivity index is 1.62. The molecule has 0 fully saturated rings. The minimum absolute atomic E-state index is 0.142. The van der Waals surface area contributed by atoms with Crippen LogP contribution in [0.2, 0.25) is 5.02 Å². The van der Waals surface area contributed by atoms with E-state index in [4.69, 9.17) is 11.6 Å². The van der Waals surface area contributed by atoms with Crippen molar-refractivity contribution in [2.75, 3.05) is 5.32 Å². The molecule has 1 aliphatic rings. The van der Waals surface area contributed by atoms with Gasteiger partial charge in [0.15, 0.2) is 5.78 Å². The van der Waals surface area contributed by atoms with Crippen molar-refractivity contribution in [2.24, 2.45) is 7.05 Å². The zero-order valence-corrected chi connectivity index (χ0v) is 16.4. The predicted octanol–water partition coefficient (Wildman–Crippen LogP) is 4.60. The number of carbonyl (C=O) groups excluding carboxylic acids is 1. The quantitative estimate of drug-likeness (QED) is 0.513. The van der Waals surface area contributed by atoms with Crippen LogP contribution in [-0.2, 0) is 7.05 Å². The van der Waals surface area contributed by atoms with Gasteiger partial charge in [0.1, 0.15) is 6.23 Å². The van der Waals surface area contributed by atoms with Crippen molar-refractivity contribution >= 4 is 34.0 Å². The molecule has 1 aliphatic heterocycles. The fourth-order valence-electron chi connectivity index (χ4n) is 4.02. The van der Waals surface area contributed by atoms with Crippen LogP contribution in [-0.4, -0.2) is 26.7 Å². The van der Waals surface area contributed by atoms with Gasteiger partial charge in [-0.25, -0.2) is 0 Å². The molecule has 5 nitrogen and oxygen atoms in total. The van der Waals surface area contributed by atoms with Crippen LogP contribution in [0.4, 0.5) is 5.69 Å². The van der Waals surface area contributed by atoms with Crippen LogP contribution in [0.1, 0.15) is 21.8 Å². The zero-order valence-electron chi connectivity index (χ0n) is 15.6. The largest absolute Gasteiger partial charge is 0.373 e. The number of ketones is 1. The predicted molar refractivity (Wildman–Crippen MR) is 114 cm³/mol. The van der Waals surface area contributed by atoms with E-state index < -0.39 is 12.1 Å². The molecule has 5 rings (SSSR count). The molecule has 0 spiro atoms. The maximum absolute atomic E-state index is 13.3. The first kappa shape index (κ1) is 17.9. The van der Waals surface area contributed by atoms with E-state index in [1.54, 1.807) is 30.6 Å². The lowest BCUT2D eigenvalue weighted by Crippen LogP contribution is -2.37. The van der Waals surface area contributed by atoms with Gasteiger partial charge in [-0.15, -0.1) is 0 Å². The number of rotatable bonds is 2.